The van der Waals surface area contributed by atoms with Crippen LogP contribution in [0.15, 0.2) is 30.3 Å². The van der Waals surface area contributed by atoms with Crippen LogP contribution in [0.25, 0.3) is 6.08 Å². The van der Waals surface area contributed by atoms with E-state index in [1.165, 1.54) is 12.5 Å². The predicted octanol–water partition coefficient (Wildman–Crippen LogP) is 3.78. The predicted molar refractivity (Wildman–Crippen MR) is 109 cm³/mol. The molecule has 3 rings (SSSR count). The van der Waals surface area contributed by atoms with E-state index in [4.69, 9.17) is 9.47 Å². The van der Waals surface area contributed by atoms with Gasteiger partial charge in [0.15, 0.2) is 0 Å². The molecule has 0 heterocycles. The molecule has 4 atom stereocenters. The number of amides is 1. The monoisotopic (exact) mass is 385 g/mol. The van der Waals surface area contributed by atoms with Crippen LogP contribution in [-0.4, -0.2) is 44.6 Å². The highest BCUT2D eigenvalue weighted by Crippen LogP contribution is 2.49. The van der Waals surface area contributed by atoms with E-state index in [0.717, 1.165) is 37.0 Å². The average molecular weight is 386 g/mol. The van der Waals surface area contributed by atoms with E-state index in [2.05, 4.69) is 0 Å². The van der Waals surface area contributed by atoms with Crippen molar-refractivity contribution < 1.29 is 19.1 Å². The second kappa shape index (κ2) is 9.26. The minimum atomic E-state index is -0.327. The summed E-state index contributed by atoms with van der Waals surface area (Å²) < 4.78 is 10.7. The molecule has 0 bridgehead atoms. The van der Waals surface area contributed by atoms with Crippen molar-refractivity contribution in [1.29, 1.82) is 0 Å². The summed E-state index contributed by atoms with van der Waals surface area (Å²) in [5.41, 5.74) is 0.919. The number of nitrogens with zero attached hydrogens (tertiary/aromatic N) is 1. The fourth-order valence-electron chi connectivity index (χ4n) is 4.92. The number of rotatable bonds is 6. The number of methoxy groups -OCH3 is 1. The van der Waals surface area contributed by atoms with Gasteiger partial charge >= 0.3 is 5.97 Å². The minimum Gasteiger partial charge on any atom is -0.497 e. The zero-order valence-electron chi connectivity index (χ0n) is 17.1. The summed E-state index contributed by atoms with van der Waals surface area (Å²) >= 11 is 0. The van der Waals surface area contributed by atoms with Gasteiger partial charge < -0.3 is 14.4 Å². The maximum absolute atomic E-state index is 12.6. The van der Waals surface area contributed by atoms with Gasteiger partial charge in [-0.05, 0) is 60.8 Å². The topological polar surface area (TPSA) is 55.8 Å². The van der Waals surface area contributed by atoms with Crippen molar-refractivity contribution in [2.75, 3.05) is 27.8 Å². The largest absolute Gasteiger partial charge is 0.497 e. The molecule has 2 saturated carbocycles. The fourth-order valence-corrected chi connectivity index (χ4v) is 4.92. The van der Waals surface area contributed by atoms with Crippen LogP contribution < -0.4 is 4.74 Å². The van der Waals surface area contributed by atoms with Crippen molar-refractivity contribution >= 4 is 18.0 Å². The van der Waals surface area contributed by atoms with Crippen molar-refractivity contribution in [1.82, 2.24) is 4.90 Å². The molecule has 0 spiro atoms. The molecule has 2 fully saturated rings. The molecule has 5 nitrogen and oxygen atoms in total. The molecule has 0 saturated heterocycles. The molecule has 0 aliphatic heterocycles. The van der Waals surface area contributed by atoms with Gasteiger partial charge in [0, 0.05) is 26.1 Å². The van der Waals surface area contributed by atoms with E-state index in [1.54, 1.807) is 18.1 Å². The Kier molecular flexibility index (Phi) is 6.76. The van der Waals surface area contributed by atoms with Crippen molar-refractivity contribution in [3.63, 3.8) is 0 Å². The average Bonchev–Trinajstić information content (AvgIpc) is 3.15. The van der Waals surface area contributed by atoms with Gasteiger partial charge in [0.25, 0.3) is 0 Å². The second-order valence-corrected chi connectivity index (χ2v) is 8.18. The number of carbonyl (C=O) groups is 2. The number of hydrogen-bond acceptors (Lipinski definition) is 4. The van der Waals surface area contributed by atoms with Gasteiger partial charge in [-0.2, -0.15) is 0 Å². The summed E-state index contributed by atoms with van der Waals surface area (Å²) in [5.74, 6) is 2.00. The van der Waals surface area contributed by atoms with E-state index < -0.39 is 0 Å². The van der Waals surface area contributed by atoms with Gasteiger partial charge in [0.2, 0.25) is 5.91 Å². The zero-order valence-corrected chi connectivity index (χ0v) is 17.1. The third-order valence-electron chi connectivity index (χ3n) is 6.28. The Bertz CT molecular complexity index is 710. The number of ether oxygens (including phenoxy) is 2. The SMILES string of the molecule is COc1ccc(/C=C/C(=O)OCC2CCCC3CCC(C(=O)N(C)C)C32)cc1. The highest BCUT2D eigenvalue weighted by atomic mass is 16.5. The minimum absolute atomic E-state index is 0.0823. The Morgan fingerprint density at radius 2 is 1.86 bits per heavy atom. The summed E-state index contributed by atoms with van der Waals surface area (Å²) in [6, 6.07) is 7.50. The fraction of sp³-hybridized carbons (Fsp3) is 0.565. The number of benzene rings is 1. The quantitative estimate of drug-likeness (QED) is 0.552. The van der Waals surface area contributed by atoms with Crippen LogP contribution in [-0.2, 0) is 14.3 Å². The summed E-state index contributed by atoms with van der Waals surface area (Å²) in [7, 11) is 5.29. The summed E-state index contributed by atoms with van der Waals surface area (Å²) in [5, 5.41) is 0. The molecular formula is C23H31NO4. The first-order valence-electron chi connectivity index (χ1n) is 10.2. The number of esters is 1. The van der Waals surface area contributed by atoms with Crippen molar-refractivity contribution in [3.05, 3.63) is 35.9 Å². The Hall–Kier alpha value is -2.30. The van der Waals surface area contributed by atoms with Crippen molar-refractivity contribution in [3.8, 4) is 5.75 Å². The Morgan fingerprint density at radius 1 is 1.11 bits per heavy atom. The first kappa shape index (κ1) is 20.4. The molecular weight excluding hydrogens is 354 g/mol. The van der Waals surface area contributed by atoms with Gasteiger partial charge in [0.05, 0.1) is 13.7 Å². The lowest BCUT2D eigenvalue weighted by atomic mass is 9.70. The maximum atomic E-state index is 12.6. The van der Waals surface area contributed by atoms with Gasteiger partial charge in [-0.15, -0.1) is 0 Å². The van der Waals surface area contributed by atoms with E-state index in [1.807, 2.05) is 38.4 Å². The summed E-state index contributed by atoms with van der Waals surface area (Å²) in [6.07, 6.45) is 8.70. The molecule has 1 aromatic carbocycles. The lowest BCUT2D eigenvalue weighted by Gasteiger charge is -2.37. The number of hydrogen-bond donors (Lipinski definition) is 0. The molecule has 152 valence electrons. The van der Waals surface area contributed by atoms with E-state index in [0.29, 0.717) is 18.4 Å². The second-order valence-electron chi connectivity index (χ2n) is 8.18. The smallest absolute Gasteiger partial charge is 0.330 e. The van der Waals surface area contributed by atoms with E-state index >= 15 is 0 Å². The third-order valence-corrected chi connectivity index (χ3v) is 6.28. The van der Waals surface area contributed by atoms with Gasteiger partial charge in [0.1, 0.15) is 5.75 Å². The lowest BCUT2D eigenvalue weighted by Crippen LogP contribution is -2.39. The number of carbonyl (C=O) groups excluding carboxylic acids is 2. The third kappa shape index (κ3) is 4.75. The number of fused-ring (bicyclic) bond motifs is 1. The van der Waals surface area contributed by atoms with Crippen LogP contribution in [0.5, 0.6) is 5.75 Å². The Balaban J connectivity index is 1.56. The van der Waals surface area contributed by atoms with Crippen LogP contribution in [0.4, 0.5) is 0 Å². The molecule has 28 heavy (non-hydrogen) atoms. The Labute approximate surface area is 167 Å². The molecule has 5 heteroatoms. The van der Waals surface area contributed by atoms with Crippen LogP contribution in [0.2, 0.25) is 0 Å². The summed E-state index contributed by atoms with van der Waals surface area (Å²) in [4.78, 5) is 26.5. The molecule has 2 aliphatic rings. The van der Waals surface area contributed by atoms with Crippen LogP contribution in [0.3, 0.4) is 0 Å². The highest BCUT2D eigenvalue weighted by molar-refractivity contribution is 5.87. The maximum Gasteiger partial charge on any atom is 0.330 e. The van der Waals surface area contributed by atoms with Crippen LogP contribution in [0, 0.1) is 23.7 Å². The molecule has 0 aromatic heterocycles. The molecule has 1 aromatic rings. The molecule has 4 unspecified atom stereocenters. The van der Waals surface area contributed by atoms with E-state index in [-0.39, 0.29) is 23.7 Å². The van der Waals surface area contributed by atoms with Crippen molar-refractivity contribution in [2.24, 2.45) is 23.7 Å². The standard InChI is InChI=1S/C23H31NO4/c1-24(2)23(26)20-13-10-17-5-4-6-18(22(17)20)15-28-21(25)14-9-16-7-11-19(27-3)12-8-16/h7-9,11-12,14,17-18,20,22H,4-6,10,13,15H2,1-3H3/b14-9+. The lowest BCUT2D eigenvalue weighted by molar-refractivity contribution is -0.141. The first-order chi connectivity index (χ1) is 13.5. The highest BCUT2D eigenvalue weighted by Gasteiger charge is 2.46. The van der Waals surface area contributed by atoms with Crippen molar-refractivity contribution in [2.45, 2.75) is 32.1 Å². The normalized spacial score (nSPS) is 26.7. The molecule has 0 radical (unpaired) electrons. The van der Waals surface area contributed by atoms with Gasteiger partial charge in [-0.1, -0.05) is 25.0 Å². The zero-order chi connectivity index (χ0) is 20.1. The van der Waals surface area contributed by atoms with Crippen LogP contribution in [0.1, 0.15) is 37.7 Å². The van der Waals surface area contributed by atoms with E-state index in [9.17, 15) is 9.59 Å². The van der Waals surface area contributed by atoms with Gasteiger partial charge in [-0.25, -0.2) is 4.79 Å². The molecule has 0 N–H and O–H groups in total. The summed E-state index contributed by atoms with van der Waals surface area (Å²) in [6.45, 7) is 0.407. The molecule has 2 aliphatic carbocycles. The molecule has 1 amide bonds. The van der Waals surface area contributed by atoms with Crippen LogP contribution >= 0.6 is 0 Å². The van der Waals surface area contributed by atoms with Gasteiger partial charge in [-0.3, -0.25) is 4.79 Å². The first-order valence-corrected chi connectivity index (χ1v) is 10.2. The Morgan fingerprint density at radius 3 is 2.54 bits per heavy atom.